The van der Waals surface area contributed by atoms with E-state index in [2.05, 4.69) is 19.2 Å². The molecule has 0 saturated heterocycles. The van der Waals surface area contributed by atoms with E-state index in [4.69, 9.17) is 0 Å². The Morgan fingerprint density at radius 2 is 2.10 bits per heavy atom. The van der Waals surface area contributed by atoms with Crippen molar-refractivity contribution in [2.24, 2.45) is 5.92 Å². The summed E-state index contributed by atoms with van der Waals surface area (Å²) in [4.78, 5) is 0. The van der Waals surface area contributed by atoms with Crippen molar-refractivity contribution < 1.29 is 0 Å². The zero-order valence-electron chi connectivity index (χ0n) is 7.19. The van der Waals surface area contributed by atoms with Crippen molar-refractivity contribution in [3.05, 3.63) is 0 Å². The van der Waals surface area contributed by atoms with E-state index in [1.165, 1.54) is 25.7 Å². The maximum absolute atomic E-state index is 3.52. The summed E-state index contributed by atoms with van der Waals surface area (Å²) in [6.45, 7) is 5.62. The molecule has 2 atom stereocenters. The molecule has 1 heteroatoms. The van der Waals surface area contributed by atoms with Crippen LogP contribution in [0.5, 0.6) is 0 Å². The molecule has 1 fully saturated rings. The third-order valence-electron chi connectivity index (χ3n) is 2.54. The van der Waals surface area contributed by atoms with Gasteiger partial charge in [0.05, 0.1) is 0 Å². The number of hydrogen-bond acceptors (Lipinski definition) is 1. The van der Waals surface area contributed by atoms with Gasteiger partial charge in [0.2, 0.25) is 0 Å². The van der Waals surface area contributed by atoms with Gasteiger partial charge >= 0.3 is 0 Å². The summed E-state index contributed by atoms with van der Waals surface area (Å²) in [6.07, 6.45) is 5.66. The van der Waals surface area contributed by atoms with Crippen molar-refractivity contribution in [1.29, 1.82) is 0 Å². The molecule has 60 valence electrons. The Bertz CT molecular complexity index is 78.7. The van der Waals surface area contributed by atoms with Gasteiger partial charge in [-0.15, -0.1) is 0 Å². The van der Waals surface area contributed by atoms with Gasteiger partial charge in [0.15, 0.2) is 0 Å². The second-order valence-corrected chi connectivity index (χ2v) is 3.29. The van der Waals surface area contributed by atoms with Crippen LogP contribution >= 0.6 is 0 Å². The number of nitrogens with one attached hydrogen (secondary N) is 1. The Hall–Kier alpha value is -0.0400. The zero-order valence-corrected chi connectivity index (χ0v) is 7.19. The van der Waals surface area contributed by atoms with Crippen LogP contribution in [0.3, 0.4) is 0 Å². The zero-order chi connectivity index (χ0) is 7.40. The molecule has 0 aromatic heterocycles. The van der Waals surface area contributed by atoms with Crippen LogP contribution in [0.4, 0.5) is 0 Å². The lowest BCUT2D eigenvalue weighted by atomic mass is 9.77. The molecule has 10 heavy (non-hydrogen) atoms. The Morgan fingerprint density at radius 1 is 1.30 bits per heavy atom. The quantitative estimate of drug-likeness (QED) is 0.632. The van der Waals surface area contributed by atoms with Crippen molar-refractivity contribution in [3.8, 4) is 0 Å². The molecule has 0 aromatic rings. The Kier molecular flexibility index (Phi) is 3.20. The summed E-state index contributed by atoms with van der Waals surface area (Å²) >= 11 is 0. The van der Waals surface area contributed by atoms with Crippen molar-refractivity contribution in [3.63, 3.8) is 0 Å². The first-order valence-electron chi connectivity index (χ1n) is 4.61. The SMILES string of the molecule is CCCC1CCC1NCC. The van der Waals surface area contributed by atoms with Crippen LogP contribution in [0.2, 0.25) is 0 Å². The molecule has 1 nitrogen and oxygen atoms in total. The van der Waals surface area contributed by atoms with Crippen molar-refractivity contribution in [2.75, 3.05) is 6.54 Å². The van der Waals surface area contributed by atoms with Crippen molar-refractivity contribution in [1.82, 2.24) is 5.32 Å². The van der Waals surface area contributed by atoms with E-state index in [9.17, 15) is 0 Å². The summed E-state index contributed by atoms with van der Waals surface area (Å²) in [6, 6.07) is 0.866. The topological polar surface area (TPSA) is 12.0 Å². The highest BCUT2D eigenvalue weighted by atomic mass is 14.9. The standard InChI is InChI=1S/C9H19N/c1-3-5-8-6-7-9(8)10-4-2/h8-10H,3-7H2,1-2H3. The van der Waals surface area contributed by atoms with Gasteiger partial charge in [-0.05, 0) is 31.7 Å². The molecule has 0 heterocycles. The predicted octanol–water partition coefficient (Wildman–Crippen LogP) is 2.17. The van der Waals surface area contributed by atoms with E-state index < -0.39 is 0 Å². The monoisotopic (exact) mass is 141 g/mol. The molecule has 1 rings (SSSR count). The second-order valence-electron chi connectivity index (χ2n) is 3.29. The lowest BCUT2D eigenvalue weighted by Crippen LogP contribution is -2.43. The highest BCUT2D eigenvalue weighted by Gasteiger charge is 2.28. The largest absolute Gasteiger partial charge is 0.314 e. The maximum atomic E-state index is 3.52. The molecule has 0 spiro atoms. The molecular formula is C9H19N. The molecule has 1 aliphatic rings. The van der Waals surface area contributed by atoms with Crippen molar-refractivity contribution in [2.45, 2.75) is 45.6 Å². The van der Waals surface area contributed by atoms with Gasteiger partial charge in [-0.3, -0.25) is 0 Å². The normalized spacial score (nSPS) is 31.8. The maximum Gasteiger partial charge on any atom is 0.00953 e. The Labute approximate surface area is 64.2 Å². The van der Waals surface area contributed by atoms with Crippen LogP contribution in [0.15, 0.2) is 0 Å². The van der Waals surface area contributed by atoms with Crippen LogP contribution < -0.4 is 5.32 Å². The van der Waals surface area contributed by atoms with E-state index in [0.29, 0.717) is 0 Å². The molecule has 1 saturated carbocycles. The Morgan fingerprint density at radius 3 is 2.50 bits per heavy atom. The van der Waals surface area contributed by atoms with Gasteiger partial charge in [-0.2, -0.15) is 0 Å². The minimum absolute atomic E-state index is 0.866. The third-order valence-corrected chi connectivity index (χ3v) is 2.54. The molecule has 0 aliphatic heterocycles. The highest BCUT2D eigenvalue weighted by Crippen LogP contribution is 2.30. The molecule has 1 aliphatic carbocycles. The third kappa shape index (κ3) is 1.72. The molecular weight excluding hydrogens is 122 g/mol. The molecule has 1 N–H and O–H groups in total. The minimum Gasteiger partial charge on any atom is -0.314 e. The van der Waals surface area contributed by atoms with E-state index >= 15 is 0 Å². The summed E-state index contributed by atoms with van der Waals surface area (Å²) in [5, 5.41) is 3.52. The fourth-order valence-electron chi connectivity index (χ4n) is 1.82. The van der Waals surface area contributed by atoms with Crippen molar-refractivity contribution >= 4 is 0 Å². The second kappa shape index (κ2) is 3.97. The molecule has 0 aromatic carbocycles. The Balaban J connectivity index is 2.09. The molecule has 0 bridgehead atoms. The predicted molar refractivity (Wildman–Crippen MR) is 45.1 cm³/mol. The first-order valence-corrected chi connectivity index (χ1v) is 4.61. The van der Waals surface area contributed by atoms with Crippen LogP contribution in [0.25, 0.3) is 0 Å². The number of rotatable bonds is 4. The molecule has 0 amide bonds. The van der Waals surface area contributed by atoms with Gasteiger partial charge in [0.25, 0.3) is 0 Å². The van der Waals surface area contributed by atoms with Gasteiger partial charge in [0, 0.05) is 6.04 Å². The fourth-order valence-corrected chi connectivity index (χ4v) is 1.82. The average Bonchev–Trinajstić information content (AvgIpc) is 1.93. The van der Waals surface area contributed by atoms with Crippen LogP contribution in [0.1, 0.15) is 39.5 Å². The van der Waals surface area contributed by atoms with Gasteiger partial charge in [-0.1, -0.05) is 20.3 Å². The van der Waals surface area contributed by atoms with E-state index in [1.54, 1.807) is 0 Å². The fraction of sp³-hybridized carbons (Fsp3) is 1.00. The summed E-state index contributed by atoms with van der Waals surface area (Å²) in [5.41, 5.74) is 0. The summed E-state index contributed by atoms with van der Waals surface area (Å²) < 4.78 is 0. The van der Waals surface area contributed by atoms with Gasteiger partial charge in [-0.25, -0.2) is 0 Å². The summed E-state index contributed by atoms with van der Waals surface area (Å²) in [7, 11) is 0. The minimum atomic E-state index is 0.866. The molecule has 0 radical (unpaired) electrons. The van der Waals surface area contributed by atoms with E-state index in [0.717, 1.165) is 18.5 Å². The first kappa shape index (κ1) is 8.06. The first-order chi connectivity index (χ1) is 4.88. The number of hydrogen-bond donors (Lipinski definition) is 1. The average molecular weight is 141 g/mol. The lowest BCUT2D eigenvalue weighted by molar-refractivity contribution is 0.199. The smallest absolute Gasteiger partial charge is 0.00953 e. The van der Waals surface area contributed by atoms with Gasteiger partial charge < -0.3 is 5.32 Å². The van der Waals surface area contributed by atoms with Crippen LogP contribution in [-0.2, 0) is 0 Å². The van der Waals surface area contributed by atoms with Crippen LogP contribution in [-0.4, -0.2) is 12.6 Å². The molecule has 2 unspecified atom stereocenters. The van der Waals surface area contributed by atoms with Crippen LogP contribution in [0, 0.1) is 5.92 Å². The van der Waals surface area contributed by atoms with E-state index in [1.807, 2.05) is 0 Å². The lowest BCUT2D eigenvalue weighted by Gasteiger charge is -2.37. The van der Waals surface area contributed by atoms with Gasteiger partial charge in [0.1, 0.15) is 0 Å². The highest BCUT2D eigenvalue weighted by molar-refractivity contribution is 4.85. The van der Waals surface area contributed by atoms with E-state index in [-0.39, 0.29) is 0 Å². The summed E-state index contributed by atoms with van der Waals surface area (Å²) in [5.74, 6) is 1.00.